The van der Waals surface area contributed by atoms with E-state index in [9.17, 15) is 9.59 Å². The predicted molar refractivity (Wildman–Crippen MR) is 132 cm³/mol. The number of nitrogens with one attached hydrogen (secondary N) is 1. The third-order valence-corrected chi connectivity index (χ3v) is 6.14. The number of fused-ring (bicyclic) bond motifs is 1. The number of hydrogen-bond acceptors (Lipinski definition) is 7. The monoisotopic (exact) mass is 479 g/mol. The summed E-state index contributed by atoms with van der Waals surface area (Å²) in [4.78, 5) is 30.5. The number of amides is 1. The van der Waals surface area contributed by atoms with Crippen molar-refractivity contribution >= 4 is 34.4 Å². The lowest BCUT2D eigenvalue weighted by Gasteiger charge is -2.12. The number of benzene rings is 2. The molecule has 0 aliphatic carbocycles. The number of ether oxygens (including phenoxy) is 2. The zero-order chi connectivity index (χ0) is 24.1. The van der Waals surface area contributed by atoms with Gasteiger partial charge in [0.2, 0.25) is 5.91 Å². The van der Waals surface area contributed by atoms with Crippen LogP contribution in [0, 0.1) is 0 Å². The summed E-state index contributed by atoms with van der Waals surface area (Å²) in [5, 5.41) is 7.67. The molecule has 0 fully saturated rings. The van der Waals surface area contributed by atoms with Gasteiger partial charge in [0.15, 0.2) is 10.7 Å². The van der Waals surface area contributed by atoms with E-state index in [0.29, 0.717) is 40.7 Å². The molecule has 0 atom stereocenters. The minimum absolute atomic E-state index is 0.0918. The first kappa shape index (κ1) is 23.4. The third-order valence-electron chi connectivity index (χ3n) is 5.17. The molecular formula is C24H25N5O4S. The van der Waals surface area contributed by atoms with Crippen molar-refractivity contribution in [1.29, 1.82) is 0 Å². The molecule has 0 unspecified atom stereocenters. The third kappa shape index (κ3) is 5.23. The molecular weight excluding hydrogens is 454 g/mol. The van der Waals surface area contributed by atoms with Gasteiger partial charge in [-0.25, -0.2) is 4.98 Å². The van der Waals surface area contributed by atoms with Crippen LogP contribution in [0.5, 0.6) is 11.5 Å². The number of thioether (sulfide) groups is 1. The fourth-order valence-electron chi connectivity index (χ4n) is 3.35. The summed E-state index contributed by atoms with van der Waals surface area (Å²) in [6, 6.07) is 14.6. The van der Waals surface area contributed by atoms with Crippen molar-refractivity contribution in [3.05, 3.63) is 70.6 Å². The van der Waals surface area contributed by atoms with Crippen LogP contribution in [-0.4, -0.2) is 45.2 Å². The van der Waals surface area contributed by atoms with E-state index in [2.05, 4.69) is 15.4 Å². The Kier molecular flexibility index (Phi) is 7.17. The lowest BCUT2D eigenvalue weighted by Crippen LogP contribution is -2.25. The van der Waals surface area contributed by atoms with Gasteiger partial charge in [0.1, 0.15) is 17.0 Å². The Morgan fingerprint density at radius 1 is 1.03 bits per heavy atom. The summed E-state index contributed by atoms with van der Waals surface area (Å²) < 4.78 is 13.6. The minimum atomic E-state index is -0.244. The molecule has 2 aromatic carbocycles. The Morgan fingerprint density at radius 2 is 1.68 bits per heavy atom. The summed E-state index contributed by atoms with van der Waals surface area (Å²) in [7, 11) is 3.19. The van der Waals surface area contributed by atoms with Crippen molar-refractivity contribution in [2.45, 2.75) is 25.2 Å². The van der Waals surface area contributed by atoms with Crippen molar-refractivity contribution < 1.29 is 14.3 Å². The van der Waals surface area contributed by atoms with E-state index in [4.69, 9.17) is 9.47 Å². The van der Waals surface area contributed by atoms with E-state index in [1.807, 2.05) is 31.2 Å². The minimum Gasteiger partial charge on any atom is -0.497 e. The van der Waals surface area contributed by atoms with Crippen molar-refractivity contribution in [2.75, 3.05) is 25.3 Å². The van der Waals surface area contributed by atoms with E-state index < -0.39 is 0 Å². The van der Waals surface area contributed by atoms with Gasteiger partial charge in [-0.3, -0.25) is 18.8 Å². The number of hydrogen-bond donors (Lipinski definition) is 1. The summed E-state index contributed by atoms with van der Waals surface area (Å²) in [5.41, 5.74) is 2.14. The van der Waals surface area contributed by atoms with Crippen LogP contribution in [0.25, 0.3) is 11.0 Å². The fourth-order valence-corrected chi connectivity index (χ4v) is 4.15. The molecule has 0 spiro atoms. The summed E-state index contributed by atoms with van der Waals surface area (Å²) in [6.45, 7) is 2.87. The molecule has 4 rings (SSSR count). The number of aromatic nitrogens is 4. The van der Waals surface area contributed by atoms with Crippen LogP contribution in [0.2, 0.25) is 0 Å². The van der Waals surface area contributed by atoms with Gasteiger partial charge < -0.3 is 14.8 Å². The predicted octanol–water partition coefficient (Wildman–Crippen LogP) is 3.41. The second-order valence-corrected chi connectivity index (χ2v) is 8.36. The smallest absolute Gasteiger partial charge is 0.282 e. The zero-order valence-electron chi connectivity index (χ0n) is 19.1. The summed E-state index contributed by atoms with van der Waals surface area (Å²) >= 11 is 1.21. The Labute approximate surface area is 200 Å². The summed E-state index contributed by atoms with van der Waals surface area (Å²) in [5.74, 6) is 1.33. The maximum Gasteiger partial charge on any atom is 0.282 e. The van der Waals surface area contributed by atoms with E-state index in [1.165, 1.54) is 11.8 Å². The molecule has 0 saturated carbocycles. The molecule has 2 heterocycles. The number of carbonyl (C=O) groups is 1. The molecule has 1 amide bonds. The van der Waals surface area contributed by atoms with Crippen molar-refractivity contribution in [1.82, 2.24) is 19.3 Å². The first-order chi connectivity index (χ1) is 16.5. The lowest BCUT2D eigenvalue weighted by molar-refractivity contribution is -0.113. The van der Waals surface area contributed by atoms with Gasteiger partial charge in [0.05, 0.1) is 32.7 Å². The Bertz CT molecular complexity index is 1350. The van der Waals surface area contributed by atoms with Crippen molar-refractivity contribution in [3.63, 3.8) is 0 Å². The SMILES string of the molecule is CCn1cc2nc(SCC(=O)Nc3ccc(OC)cc3)n(Cc3ccc(OC)cc3)c(=O)c2n1. The Morgan fingerprint density at radius 3 is 2.29 bits per heavy atom. The Balaban J connectivity index is 1.59. The lowest BCUT2D eigenvalue weighted by atomic mass is 10.2. The van der Waals surface area contributed by atoms with Crippen LogP contribution >= 0.6 is 11.8 Å². The molecule has 2 aromatic heterocycles. The first-order valence-electron chi connectivity index (χ1n) is 10.7. The maximum atomic E-state index is 13.3. The molecule has 0 saturated heterocycles. The van der Waals surface area contributed by atoms with Gasteiger partial charge in [0.25, 0.3) is 5.56 Å². The molecule has 4 aromatic rings. The van der Waals surface area contributed by atoms with Crippen molar-refractivity contribution in [3.8, 4) is 11.5 Å². The van der Waals surface area contributed by atoms with Gasteiger partial charge in [-0.05, 0) is 48.9 Å². The van der Waals surface area contributed by atoms with E-state index in [0.717, 1.165) is 11.3 Å². The standard InChI is InChI=1S/C24H25N5O4S/c1-4-28-14-20-22(27-28)23(31)29(13-16-5-9-18(32-2)10-6-16)24(26-20)34-15-21(30)25-17-7-11-19(33-3)12-8-17/h5-12,14H,4,13,15H2,1-3H3,(H,25,30). The molecule has 176 valence electrons. The van der Waals surface area contributed by atoms with Gasteiger partial charge in [0, 0.05) is 12.2 Å². The highest BCUT2D eigenvalue weighted by molar-refractivity contribution is 7.99. The van der Waals surface area contributed by atoms with Gasteiger partial charge in [-0.15, -0.1) is 0 Å². The second-order valence-electron chi connectivity index (χ2n) is 7.42. The van der Waals surface area contributed by atoms with E-state index >= 15 is 0 Å². The molecule has 9 nitrogen and oxygen atoms in total. The number of carbonyl (C=O) groups excluding carboxylic acids is 1. The molecule has 0 aliphatic rings. The van der Waals surface area contributed by atoms with E-state index in [1.54, 1.807) is 53.9 Å². The van der Waals surface area contributed by atoms with Gasteiger partial charge in [-0.1, -0.05) is 23.9 Å². The quantitative estimate of drug-likeness (QED) is 0.290. The van der Waals surface area contributed by atoms with Crippen LogP contribution in [0.3, 0.4) is 0 Å². The van der Waals surface area contributed by atoms with Gasteiger partial charge in [-0.2, -0.15) is 5.10 Å². The molecule has 10 heteroatoms. The van der Waals surface area contributed by atoms with Crippen LogP contribution in [0.1, 0.15) is 12.5 Å². The zero-order valence-corrected chi connectivity index (χ0v) is 20.0. The Hall–Kier alpha value is -3.79. The van der Waals surface area contributed by atoms with Crippen LogP contribution in [-0.2, 0) is 17.9 Å². The highest BCUT2D eigenvalue weighted by Crippen LogP contribution is 2.21. The molecule has 0 aliphatic heterocycles. The topological polar surface area (TPSA) is 100 Å². The largest absolute Gasteiger partial charge is 0.497 e. The normalized spacial score (nSPS) is 10.9. The number of nitrogens with zero attached hydrogens (tertiary/aromatic N) is 4. The summed E-state index contributed by atoms with van der Waals surface area (Å²) in [6.07, 6.45) is 1.75. The highest BCUT2D eigenvalue weighted by Gasteiger charge is 2.16. The average molecular weight is 480 g/mol. The average Bonchev–Trinajstić information content (AvgIpc) is 3.29. The van der Waals surface area contributed by atoms with Crippen LogP contribution < -0.4 is 20.3 Å². The fraction of sp³-hybridized carbons (Fsp3) is 0.250. The van der Waals surface area contributed by atoms with E-state index in [-0.39, 0.29) is 17.2 Å². The maximum absolute atomic E-state index is 13.3. The number of rotatable bonds is 9. The molecule has 0 bridgehead atoms. The highest BCUT2D eigenvalue weighted by atomic mass is 32.2. The molecule has 0 radical (unpaired) electrons. The van der Waals surface area contributed by atoms with Crippen LogP contribution in [0.4, 0.5) is 5.69 Å². The number of anilines is 1. The number of methoxy groups -OCH3 is 2. The van der Waals surface area contributed by atoms with Crippen molar-refractivity contribution in [2.24, 2.45) is 0 Å². The second kappa shape index (κ2) is 10.4. The first-order valence-corrected chi connectivity index (χ1v) is 11.7. The molecule has 34 heavy (non-hydrogen) atoms. The number of aryl methyl sites for hydroxylation is 1. The van der Waals surface area contributed by atoms with Gasteiger partial charge >= 0.3 is 0 Å². The van der Waals surface area contributed by atoms with Crippen LogP contribution in [0.15, 0.2) is 64.7 Å². The molecule has 1 N–H and O–H groups in total.